The third kappa shape index (κ3) is 5.04. The van der Waals surface area contributed by atoms with Crippen molar-refractivity contribution in [3.8, 4) is 0 Å². The molecule has 7 nitrogen and oxygen atoms in total. The molecule has 150 valence electrons. The van der Waals surface area contributed by atoms with E-state index in [0.717, 1.165) is 11.1 Å². The third-order valence-corrected chi connectivity index (χ3v) is 4.53. The Bertz CT molecular complexity index is 1040. The van der Waals surface area contributed by atoms with Crippen LogP contribution < -0.4 is 10.6 Å². The number of rotatable bonds is 6. The average molecular weight is 395 g/mol. The zero-order valence-corrected chi connectivity index (χ0v) is 16.5. The third-order valence-electron chi connectivity index (χ3n) is 4.53. The van der Waals surface area contributed by atoms with E-state index in [2.05, 4.69) is 20.9 Å². The molecule has 0 saturated carbocycles. The average Bonchev–Trinajstić information content (AvgIpc) is 3.05. The van der Waals surface area contributed by atoms with Crippen molar-refractivity contribution in [1.29, 1.82) is 0 Å². The predicted octanol–water partition coefficient (Wildman–Crippen LogP) is 2.91. The van der Waals surface area contributed by atoms with E-state index < -0.39 is 11.7 Å². The number of aryl methyl sites for hydroxylation is 2. The SMILES string of the molecule is Cc1ccc(CNC(=O)Cn2nnc(C(=O)Nc3ccc(C)c(F)c3)c2C)cc1. The number of amides is 2. The van der Waals surface area contributed by atoms with Crippen LogP contribution in [0.2, 0.25) is 0 Å². The Morgan fingerprint density at radius 1 is 1.07 bits per heavy atom. The van der Waals surface area contributed by atoms with Crippen molar-refractivity contribution in [2.45, 2.75) is 33.9 Å². The number of halogens is 1. The molecule has 3 rings (SSSR count). The minimum atomic E-state index is -0.517. The van der Waals surface area contributed by atoms with Crippen LogP contribution in [0.3, 0.4) is 0 Å². The molecule has 29 heavy (non-hydrogen) atoms. The quantitative estimate of drug-likeness (QED) is 0.672. The van der Waals surface area contributed by atoms with Gasteiger partial charge in [0.1, 0.15) is 12.4 Å². The maximum atomic E-state index is 13.6. The van der Waals surface area contributed by atoms with Crippen LogP contribution in [0, 0.1) is 26.6 Å². The summed E-state index contributed by atoms with van der Waals surface area (Å²) in [7, 11) is 0. The van der Waals surface area contributed by atoms with Gasteiger partial charge in [-0.15, -0.1) is 5.10 Å². The first kappa shape index (κ1) is 20.2. The Balaban J connectivity index is 1.60. The van der Waals surface area contributed by atoms with Crippen molar-refractivity contribution in [3.05, 3.63) is 76.4 Å². The summed E-state index contributed by atoms with van der Waals surface area (Å²) in [6.07, 6.45) is 0. The second kappa shape index (κ2) is 8.64. The van der Waals surface area contributed by atoms with Crippen LogP contribution in [0.25, 0.3) is 0 Å². The maximum Gasteiger partial charge on any atom is 0.278 e. The largest absolute Gasteiger partial charge is 0.350 e. The van der Waals surface area contributed by atoms with Crippen molar-refractivity contribution in [2.24, 2.45) is 0 Å². The van der Waals surface area contributed by atoms with Gasteiger partial charge in [0.05, 0.1) is 5.69 Å². The van der Waals surface area contributed by atoms with Crippen LogP contribution in [0.5, 0.6) is 0 Å². The van der Waals surface area contributed by atoms with Gasteiger partial charge in [-0.2, -0.15) is 0 Å². The van der Waals surface area contributed by atoms with Gasteiger partial charge >= 0.3 is 0 Å². The Kier molecular flexibility index (Phi) is 6.01. The molecule has 3 aromatic rings. The number of aromatic nitrogens is 3. The van der Waals surface area contributed by atoms with Gasteiger partial charge < -0.3 is 10.6 Å². The van der Waals surface area contributed by atoms with E-state index in [0.29, 0.717) is 23.5 Å². The normalized spacial score (nSPS) is 10.6. The molecule has 0 aliphatic carbocycles. The number of hydrogen-bond donors (Lipinski definition) is 2. The lowest BCUT2D eigenvalue weighted by Gasteiger charge is -2.07. The highest BCUT2D eigenvalue weighted by Crippen LogP contribution is 2.15. The molecule has 1 heterocycles. The summed E-state index contributed by atoms with van der Waals surface area (Å²) in [6.45, 7) is 5.63. The molecule has 0 atom stereocenters. The van der Waals surface area contributed by atoms with Gasteiger partial charge in [0.15, 0.2) is 5.69 Å². The Morgan fingerprint density at radius 2 is 1.79 bits per heavy atom. The number of nitrogens with one attached hydrogen (secondary N) is 2. The molecule has 2 N–H and O–H groups in total. The monoisotopic (exact) mass is 395 g/mol. The van der Waals surface area contributed by atoms with Crippen molar-refractivity contribution in [1.82, 2.24) is 20.3 Å². The molecule has 2 amide bonds. The molecule has 0 aliphatic rings. The first-order valence-corrected chi connectivity index (χ1v) is 9.13. The van der Waals surface area contributed by atoms with Gasteiger partial charge in [-0.3, -0.25) is 9.59 Å². The lowest BCUT2D eigenvalue weighted by atomic mass is 10.1. The van der Waals surface area contributed by atoms with Crippen LogP contribution in [-0.4, -0.2) is 26.8 Å². The lowest BCUT2D eigenvalue weighted by molar-refractivity contribution is -0.122. The number of benzene rings is 2. The first-order valence-electron chi connectivity index (χ1n) is 9.13. The van der Waals surface area contributed by atoms with Gasteiger partial charge in [0, 0.05) is 12.2 Å². The number of carbonyl (C=O) groups is 2. The summed E-state index contributed by atoms with van der Waals surface area (Å²) < 4.78 is 15.0. The Morgan fingerprint density at radius 3 is 2.48 bits per heavy atom. The van der Waals surface area contributed by atoms with E-state index >= 15 is 0 Å². The molecule has 0 unspecified atom stereocenters. The smallest absolute Gasteiger partial charge is 0.278 e. The van der Waals surface area contributed by atoms with Crippen LogP contribution in [0.15, 0.2) is 42.5 Å². The molecule has 1 aromatic heterocycles. The minimum absolute atomic E-state index is 0.0584. The molecule has 0 saturated heterocycles. The second-order valence-electron chi connectivity index (χ2n) is 6.86. The molecule has 8 heteroatoms. The van der Waals surface area contributed by atoms with Crippen LogP contribution in [-0.2, 0) is 17.9 Å². The molecule has 0 aliphatic heterocycles. The number of nitrogens with zero attached hydrogens (tertiary/aromatic N) is 3. The van der Waals surface area contributed by atoms with Gasteiger partial charge in [0.2, 0.25) is 5.91 Å². The summed E-state index contributed by atoms with van der Waals surface area (Å²) in [5.74, 6) is -1.17. The fourth-order valence-corrected chi connectivity index (χ4v) is 2.68. The fourth-order valence-electron chi connectivity index (χ4n) is 2.68. The summed E-state index contributed by atoms with van der Waals surface area (Å²) in [6, 6.07) is 12.3. The highest BCUT2D eigenvalue weighted by molar-refractivity contribution is 6.03. The summed E-state index contributed by atoms with van der Waals surface area (Å²) >= 11 is 0. The maximum absolute atomic E-state index is 13.6. The van der Waals surface area contributed by atoms with Crippen molar-refractivity contribution >= 4 is 17.5 Å². The topological polar surface area (TPSA) is 88.9 Å². The molecule has 0 bridgehead atoms. The summed E-state index contributed by atoms with van der Waals surface area (Å²) in [4.78, 5) is 24.6. The second-order valence-corrected chi connectivity index (χ2v) is 6.86. The van der Waals surface area contributed by atoms with Crippen molar-refractivity contribution in [3.63, 3.8) is 0 Å². The first-order chi connectivity index (χ1) is 13.8. The van der Waals surface area contributed by atoms with E-state index in [4.69, 9.17) is 0 Å². The lowest BCUT2D eigenvalue weighted by Crippen LogP contribution is -2.28. The van der Waals surface area contributed by atoms with Crippen LogP contribution in [0.4, 0.5) is 10.1 Å². The number of hydrogen-bond acceptors (Lipinski definition) is 4. The van der Waals surface area contributed by atoms with Crippen molar-refractivity contribution < 1.29 is 14.0 Å². The van der Waals surface area contributed by atoms with Crippen LogP contribution in [0.1, 0.15) is 32.9 Å². The minimum Gasteiger partial charge on any atom is -0.350 e. The molecule has 0 spiro atoms. The zero-order valence-electron chi connectivity index (χ0n) is 16.5. The number of anilines is 1. The van der Waals surface area contributed by atoms with Crippen LogP contribution >= 0.6 is 0 Å². The Hall–Kier alpha value is -3.55. The van der Waals surface area contributed by atoms with Gasteiger partial charge in [-0.25, -0.2) is 9.07 Å². The van der Waals surface area contributed by atoms with Gasteiger partial charge in [0.25, 0.3) is 5.91 Å². The highest BCUT2D eigenvalue weighted by Gasteiger charge is 2.18. The molecule has 0 fully saturated rings. The highest BCUT2D eigenvalue weighted by atomic mass is 19.1. The summed E-state index contributed by atoms with van der Waals surface area (Å²) in [5, 5.41) is 13.2. The molecular formula is C21H22FN5O2. The zero-order chi connectivity index (χ0) is 21.0. The van der Waals surface area contributed by atoms with Gasteiger partial charge in [-0.1, -0.05) is 41.1 Å². The van der Waals surface area contributed by atoms with E-state index in [1.807, 2.05) is 31.2 Å². The predicted molar refractivity (Wildman–Crippen MR) is 107 cm³/mol. The number of carbonyl (C=O) groups excluding carboxylic acids is 2. The molecular weight excluding hydrogens is 373 g/mol. The van der Waals surface area contributed by atoms with E-state index in [1.165, 1.54) is 10.7 Å². The van der Waals surface area contributed by atoms with E-state index in [9.17, 15) is 14.0 Å². The van der Waals surface area contributed by atoms with Gasteiger partial charge in [-0.05, 0) is 44.0 Å². The molecule has 0 radical (unpaired) electrons. The van der Waals surface area contributed by atoms with E-state index in [-0.39, 0.29) is 18.1 Å². The molecule has 2 aromatic carbocycles. The standard InChI is InChI=1S/C21H22FN5O2/c1-13-4-7-16(8-5-13)11-23-19(28)12-27-15(3)20(25-26-27)21(29)24-17-9-6-14(2)18(22)10-17/h4-10H,11-12H2,1-3H3,(H,23,28)(H,24,29). The summed E-state index contributed by atoms with van der Waals surface area (Å²) in [5.41, 5.74) is 3.48. The van der Waals surface area contributed by atoms with E-state index in [1.54, 1.807) is 26.0 Å². The Labute approximate surface area is 167 Å². The van der Waals surface area contributed by atoms with Crippen molar-refractivity contribution in [2.75, 3.05) is 5.32 Å². The fraction of sp³-hybridized carbons (Fsp3) is 0.238.